The lowest BCUT2D eigenvalue weighted by Gasteiger charge is -2.52. The van der Waals surface area contributed by atoms with E-state index in [1.54, 1.807) is 0 Å². The average molecular weight is 254 g/mol. The van der Waals surface area contributed by atoms with Crippen LogP contribution in [0, 0.1) is 0 Å². The van der Waals surface area contributed by atoms with Gasteiger partial charge in [-0.25, -0.2) is 0 Å². The molecular formula is C14H26N2O2. The molecule has 2 saturated heterocycles. The molecule has 0 aromatic carbocycles. The van der Waals surface area contributed by atoms with Crippen LogP contribution in [0.2, 0.25) is 0 Å². The fraction of sp³-hybridized carbons (Fsp3) is 0.929. The highest BCUT2D eigenvalue weighted by atomic mass is 16.6. The van der Waals surface area contributed by atoms with Gasteiger partial charge in [0.25, 0.3) is 0 Å². The second-order valence-electron chi connectivity index (χ2n) is 6.09. The summed E-state index contributed by atoms with van der Waals surface area (Å²) in [5.41, 5.74) is -0.325. The van der Waals surface area contributed by atoms with E-state index < -0.39 is 0 Å². The molecule has 2 fully saturated rings. The van der Waals surface area contributed by atoms with Gasteiger partial charge in [0, 0.05) is 44.6 Å². The summed E-state index contributed by atoms with van der Waals surface area (Å²) in [6.07, 6.45) is 2.41. The van der Waals surface area contributed by atoms with Gasteiger partial charge < -0.3 is 9.64 Å². The van der Waals surface area contributed by atoms with Crippen molar-refractivity contribution in [3.63, 3.8) is 0 Å². The SMILES string of the molecule is CC(C)N1CCC2(CC1)OC(=O)CCN2C(C)C. The predicted molar refractivity (Wildman–Crippen MR) is 71.2 cm³/mol. The molecule has 0 bridgehead atoms. The smallest absolute Gasteiger partial charge is 0.308 e. The number of nitrogens with zero attached hydrogens (tertiary/aromatic N) is 2. The molecule has 2 aliphatic rings. The van der Waals surface area contributed by atoms with Crippen LogP contribution in [-0.4, -0.2) is 53.2 Å². The number of hydrogen-bond acceptors (Lipinski definition) is 4. The van der Waals surface area contributed by atoms with E-state index in [1.807, 2.05) is 0 Å². The van der Waals surface area contributed by atoms with Gasteiger partial charge in [0.1, 0.15) is 0 Å². The Bertz CT molecular complexity index is 307. The highest BCUT2D eigenvalue weighted by Gasteiger charge is 2.47. The van der Waals surface area contributed by atoms with E-state index in [-0.39, 0.29) is 11.7 Å². The number of carbonyl (C=O) groups is 1. The van der Waals surface area contributed by atoms with Crippen molar-refractivity contribution in [1.82, 2.24) is 9.80 Å². The molecule has 2 aliphatic heterocycles. The summed E-state index contributed by atoms with van der Waals surface area (Å²) in [4.78, 5) is 16.5. The molecule has 0 unspecified atom stereocenters. The number of piperidine rings is 1. The predicted octanol–water partition coefficient (Wildman–Crippen LogP) is 1.84. The molecule has 0 saturated carbocycles. The lowest BCUT2D eigenvalue weighted by atomic mass is 9.94. The van der Waals surface area contributed by atoms with Crippen molar-refractivity contribution < 1.29 is 9.53 Å². The van der Waals surface area contributed by atoms with Crippen molar-refractivity contribution in [2.45, 2.75) is 64.8 Å². The quantitative estimate of drug-likeness (QED) is 0.704. The summed E-state index contributed by atoms with van der Waals surface area (Å²) in [6.45, 7) is 11.7. The van der Waals surface area contributed by atoms with Crippen LogP contribution in [0.4, 0.5) is 0 Å². The number of rotatable bonds is 2. The lowest BCUT2D eigenvalue weighted by Crippen LogP contribution is -2.63. The minimum atomic E-state index is -0.325. The molecular weight excluding hydrogens is 228 g/mol. The molecule has 18 heavy (non-hydrogen) atoms. The maximum atomic E-state index is 11.7. The van der Waals surface area contributed by atoms with Crippen LogP contribution in [0.5, 0.6) is 0 Å². The van der Waals surface area contributed by atoms with Crippen LogP contribution in [0.25, 0.3) is 0 Å². The van der Waals surface area contributed by atoms with E-state index in [0.717, 1.165) is 32.5 Å². The third kappa shape index (κ3) is 2.54. The molecule has 1 spiro atoms. The Kier molecular flexibility index (Phi) is 3.97. The van der Waals surface area contributed by atoms with Crippen molar-refractivity contribution in [1.29, 1.82) is 0 Å². The van der Waals surface area contributed by atoms with Crippen molar-refractivity contribution in [2.24, 2.45) is 0 Å². The topological polar surface area (TPSA) is 32.8 Å². The van der Waals surface area contributed by atoms with Crippen LogP contribution < -0.4 is 0 Å². The summed E-state index contributed by atoms with van der Waals surface area (Å²) in [6, 6.07) is 1.01. The minimum Gasteiger partial charge on any atom is -0.444 e. The zero-order chi connectivity index (χ0) is 13.3. The number of carbonyl (C=O) groups excluding carboxylic acids is 1. The van der Waals surface area contributed by atoms with Gasteiger partial charge in [-0.2, -0.15) is 0 Å². The summed E-state index contributed by atoms with van der Waals surface area (Å²) >= 11 is 0. The zero-order valence-corrected chi connectivity index (χ0v) is 12.1. The van der Waals surface area contributed by atoms with Gasteiger partial charge in [0.15, 0.2) is 5.72 Å². The first kappa shape index (κ1) is 13.8. The number of esters is 1. The van der Waals surface area contributed by atoms with Crippen molar-refractivity contribution in [2.75, 3.05) is 19.6 Å². The van der Waals surface area contributed by atoms with E-state index in [0.29, 0.717) is 18.5 Å². The summed E-state index contributed by atoms with van der Waals surface area (Å²) in [5, 5.41) is 0. The third-order valence-corrected chi connectivity index (χ3v) is 4.32. The molecule has 0 aliphatic carbocycles. The molecule has 0 aromatic rings. The van der Waals surface area contributed by atoms with Crippen LogP contribution in [-0.2, 0) is 9.53 Å². The number of ether oxygens (including phenoxy) is 1. The molecule has 4 heteroatoms. The van der Waals surface area contributed by atoms with Crippen molar-refractivity contribution in [3.05, 3.63) is 0 Å². The summed E-state index contributed by atoms with van der Waals surface area (Å²) < 4.78 is 5.78. The molecule has 2 rings (SSSR count). The van der Waals surface area contributed by atoms with Gasteiger partial charge in [0.05, 0.1) is 6.42 Å². The second kappa shape index (κ2) is 5.17. The second-order valence-corrected chi connectivity index (χ2v) is 6.09. The monoisotopic (exact) mass is 254 g/mol. The van der Waals surface area contributed by atoms with E-state index in [4.69, 9.17) is 4.74 Å². The Labute approximate surface area is 110 Å². The van der Waals surface area contributed by atoms with Gasteiger partial charge in [-0.1, -0.05) is 0 Å². The largest absolute Gasteiger partial charge is 0.444 e. The van der Waals surface area contributed by atoms with Gasteiger partial charge in [-0.3, -0.25) is 9.69 Å². The zero-order valence-electron chi connectivity index (χ0n) is 12.1. The molecule has 0 radical (unpaired) electrons. The summed E-state index contributed by atoms with van der Waals surface area (Å²) in [5.74, 6) is -0.0232. The van der Waals surface area contributed by atoms with Crippen molar-refractivity contribution in [3.8, 4) is 0 Å². The van der Waals surface area contributed by atoms with Crippen LogP contribution in [0.1, 0.15) is 47.0 Å². The third-order valence-electron chi connectivity index (χ3n) is 4.32. The fourth-order valence-electron chi connectivity index (χ4n) is 3.24. The number of likely N-dealkylation sites (tertiary alicyclic amines) is 1. The molecule has 0 N–H and O–H groups in total. The Balaban J connectivity index is 2.10. The van der Waals surface area contributed by atoms with Gasteiger partial charge in [-0.05, 0) is 27.7 Å². The fourth-order valence-corrected chi connectivity index (χ4v) is 3.24. The number of hydrogen-bond donors (Lipinski definition) is 0. The highest BCUT2D eigenvalue weighted by Crippen LogP contribution is 2.35. The van der Waals surface area contributed by atoms with E-state index in [2.05, 4.69) is 37.5 Å². The van der Waals surface area contributed by atoms with E-state index >= 15 is 0 Å². The molecule has 0 aromatic heterocycles. The molecule has 0 atom stereocenters. The Hall–Kier alpha value is -0.610. The van der Waals surface area contributed by atoms with Crippen LogP contribution in [0.3, 0.4) is 0 Å². The normalized spacial score (nSPS) is 26.0. The maximum Gasteiger partial charge on any atom is 0.308 e. The summed E-state index contributed by atoms with van der Waals surface area (Å²) in [7, 11) is 0. The van der Waals surface area contributed by atoms with Crippen LogP contribution >= 0.6 is 0 Å². The lowest BCUT2D eigenvalue weighted by molar-refractivity contribution is -0.219. The van der Waals surface area contributed by atoms with E-state index in [9.17, 15) is 4.79 Å². The molecule has 2 heterocycles. The maximum absolute atomic E-state index is 11.7. The van der Waals surface area contributed by atoms with Gasteiger partial charge in [0.2, 0.25) is 0 Å². The van der Waals surface area contributed by atoms with Crippen LogP contribution in [0.15, 0.2) is 0 Å². The molecule has 104 valence electrons. The first-order valence-corrected chi connectivity index (χ1v) is 7.17. The Morgan fingerprint density at radius 3 is 2.17 bits per heavy atom. The first-order valence-electron chi connectivity index (χ1n) is 7.17. The van der Waals surface area contributed by atoms with Gasteiger partial charge >= 0.3 is 5.97 Å². The highest BCUT2D eigenvalue weighted by molar-refractivity contribution is 5.71. The average Bonchev–Trinajstić information content (AvgIpc) is 2.28. The molecule has 4 nitrogen and oxygen atoms in total. The van der Waals surface area contributed by atoms with Crippen molar-refractivity contribution >= 4 is 5.97 Å². The molecule has 0 amide bonds. The van der Waals surface area contributed by atoms with E-state index in [1.165, 1.54) is 0 Å². The Morgan fingerprint density at radius 1 is 1.06 bits per heavy atom. The minimum absolute atomic E-state index is 0.0232. The van der Waals surface area contributed by atoms with Gasteiger partial charge in [-0.15, -0.1) is 0 Å². The first-order chi connectivity index (χ1) is 8.44. The standard InChI is InChI=1S/C14H26N2O2/c1-11(2)15-9-6-14(7-10-15)16(12(3)4)8-5-13(17)18-14/h11-12H,5-10H2,1-4H3. The Morgan fingerprint density at radius 2 is 1.67 bits per heavy atom.